The number of anilines is 1. The highest BCUT2D eigenvalue weighted by molar-refractivity contribution is 5.97. The maximum Gasteiger partial charge on any atom is 0.251 e. The highest BCUT2D eigenvalue weighted by Gasteiger charge is 2.14. The number of hydrogen-bond donors (Lipinski definition) is 2. The molecule has 0 aliphatic carbocycles. The Morgan fingerprint density at radius 3 is 2.76 bits per heavy atom. The number of benzene rings is 1. The zero-order valence-electron chi connectivity index (χ0n) is 12.7. The molecule has 0 fully saturated rings. The number of nitrogens with one attached hydrogen (secondary N) is 2. The summed E-state index contributed by atoms with van der Waals surface area (Å²) in [6, 6.07) is 5.66. The number of aryl methyl sites for hydroxylation is 1. The van der Waals surface area contributed by atoms with Crippen molar-refractivity contribution in [3.05, 3.63) is 29.3 Å². The monoisotopic (exact) mass is 289 g/mol. The summed E-state index contributed by atoms with van der Waals surface area (Å²) in [4.78, 5) is 25.7. The van der Waals surface area contributed by atoms with Crippen molar-refractivity contribution in [2.45, 2.75) is 26.7 Å². The summed E-state index contributed by atoms with van der Waals surface area (Å²) in [5.41, 5.74) is 2.89. The molecule has 5 nitrogen and oxygen atoms in total. The van der Waals surface area contributed by atoms with Gasteiger partial charge in [-0.3, -0.25) is 9.59 Å². The smallest absolute Gasteiger partial charge is 0.251 e. The summed E-state index contributed by atoms with van der Waals surface area (Å²) in [5, 5.41) is 6.02. The lowest BCUT2D eigenvalue weighted by Gasteiger charge is -2.20. The van der Waals surface area contributed by atoms with Crippen LogP contribution in [0.25, 0.3) is 0 Å². The second-order valence-electron chi connectivity index (χ2n) is 5.15. The Bertz CT molecular complexity index is 524. The fraction of sp³-hybridized carbons (Fsp3) is 0.500. The number of carbonyl (C=O) groups is 2. The van der Waals surface area contributed by atoms with E-state index in [0.717, 1.165) is 25.1 Å². The van der Waals surface area contributed by atoms with Crippen LogP contribution >= 0.6 is 0 Å². The molecule has 2 amide bonds. The summed E-state index contributed by atoms with van der Waals surface area (Å²) >= 11 is 0. The Labute approximate surface area is 125 Å². The standard InChI is InChI=1S/C16H23N3O2/c1-3-19(4-2)15(20)11-18-16(21)13-7-8-14-12(10-13)6-5-9-17-14/h7-8,10,17H,3-6,9,11H2,1-2H3,(H,18,21). The van der Waals surface area contributed by atoms with Crippen LogP contribution in [0.3, 0.4) is 0 Å². The molecule has 21 heavy (non-hydrogen) atoms. The summed E-state index contributed by atoms with van der Waals surface area (Å²) in [7, 11) is 0. The van der Waals surface area contributed by atoms with Gasteiger partial charge in [0.15, 0.2) is 0 Å². The predicted molar refractivity (Wildman–Crippen MR) is 83.5 cm³/mol. The van der Waals surface area contributed by atoms with Crippen LogP contribution in [0.5, 0.6) is 0 Å². The summed E-state index contributed by atoms with van der Waals surface area (Å²) in [6.45, 7) is 6.22. The maximum absolute atomic E-state index is 12.1. The largest absolute Gasteiger partial charge is 0.385 e. The molecule has 2 N–H and O–H groups in total. The van der Waals surface area contributed by atoms with Gasteiger partial charge < -0.3 is 15.5 Å². The Morgan fingerprint density at radius 2 is 2.05 bits per heavy atom. The van der Waals surface area contributed by atoms with Gasteiger partial charge in [0.2, 0.25) is 5.91 Å². The first-order valence-corrected chi connectivity index (χ1v) is 7.58. The molecule has 1 aromatic carbocycles. The molecule has 114 valence electrons. The molecule has 0 radical (unpaired) electrons. The number of nitrogens with zero attached hydrogens (tertiary/aromatic N) is 1. The van der Waals surface area contributed by atoms with Crippen molar-refractivity contribution in [2.75, 3.05) is 31.5 Å². The number of carbonyl (C=O) groups excluding carboxylic acids is 2. The average Bonchev–Trinajstić information content (AvgIpc) is 2.53. The lowest BCUT2D eigenvalue weighted by molar-refractivity contribution is -0.129. The van der Waals surface area contributed by atoms with Gasteiger partial charge in [0.25, 0.3) is 5.91 Å². The minimum Gasteiger partial charge on any atom is -0.385 e. The van der Waals surface area contributed by atoms with Gasteiger partial charge in [0.1, 0.15) is 0 Å². The molecule has 2 rings (SSSR count). The fourth-order valence-corrected chi connectivity index (χ4v) is 2.56. The highest BCUT2D eigenvalue weighted by Crippen LogP contribution is 2.22. The molecule has 1 aromatic rings. The van der Waals surface area contributed by atoms with Gasteiger partial charge in [-0.15, -0.1) is 0 Å². The molecule has 0 aromatic heterocycles. The van der Waals surface area contributed by atoms with Gasteiger partial charge in [0.05, 0.1) is 6.54 Å². The van der Waals surface area contributed by atoms with Crippen LogP contribution in [-0.4, -0.2) is 42.9 Å². The minimum atomic E-state index is -0.191. The van der Waals surface area contributed by atoms with E-state index in [1.54, 1.807) is 11.0 Å². The molecule has 1 heterocycles. The topological polar surface area (TPSA) is 61.4 Å². The van der Waals surface area contributed by atoms with Gasteiger partial charge in [-0.25, -0.2) is 0 Å². The van der Waals surface area contributed by atoms with E-state index in [9.17, 15) is 9.59 Å². The van der Waals surface area contributed by atoms with Crippen molar-refractivity contribution in [3.8, 4) is 0 Å². The van der Waals surface area contributed by atoms with Crippen LogP contribution in [0.4, 0.5) is 5.69 Å². The lowest BCUT2D eigenvalue weighted by Crippen LogP contribution is -2.40. The van der Waals surface area contributed by atoms with Crippen LogP contribution < -0.4 is 10.6 Å². The van der Waals surface area contributed by atoms with Crippen LogP contribution in [0.2, 0.25) is 0 Å². The zero-order valence-corrected chi connectivity index (χ0v) is 12.7. The quantitative estimate of drug-likeness (QED) is 0.866. The Balaban J connectivity index is 1.96. The van der Waals surface area contributed by atoms with Gasteiger partial charge in [-0.1, -0.05) is 0 Å². The normalized spacial score (nSPS) is 13.0. The van der Waals surface area contributed by atoms with E-state index >= 15 is 0 Å². The van der Waals surface area contributed by atoms with Gasteiger partial charge in [-0.05, 0) is 50.5 Å². The van der Waals surface area contributed by atoms with Gasteiger partial charge in [0, 0.05) is 30.9 Å². The van der Waals surface area contributed by atoms with E-state index in [1.165, 1.54) is 5.56 Å². The molecule has 0 unspecified atom stereocenters. The molecule has 1 aliphatic rings. The Kier molecular flexibility index (Phi) is 5.20. The number of hydrogen-bond acceptors (Lipinski definition) is 3. The maximum atomic E-state index is 12.1. The van der Waals surface area contributed by atoms with Gasteiger partial charge in [-0.2, -0.15) is 0 Å². The van der Waals surface area contributed by atoms with E-state index in [2.05, 4.69) is 10.6 Å². The van der Waals surface area contributed by atoms with E-state index in [4.69, 9.17) is 0 Å². The molecule has 0 spiro atoms. The zero-order chi connectivity index (χ0) is 15.2. The van der Waals surface area contributed by atoms with Crippen molar-refractivity contribution in [1.29, 1.82) is 0 Å². The number of likely N-dealkylation sites (N-methyl/N-ethyl adjacent to an activating group) is 1. The van der Waals surface area contributed by atoms with E-state index in [-0.39, 0.29) is 18.4 Å². The molecule has 5 heteroatoms. The van der Waals surface area contributed by atoms with Crippen LogP contribution in [-0.2, 0) is 11.2 Å². The third kappa shape index (κ3) is 3.74. The molecular formula is C16H23N3O2. The number of fused-ring (bicyclic) bond motifs is 1. The molecule has 1 aliphatic heterocycles. The first-order valence-electron chi connectivity index (χ1n) is 7.58. The van der Waals surface area contributed by atoms with Gasteiger partial charge >= 0.3 is 0 Å². The van der Waals surface area contributed by atoms with Crippen molar-refractivity contribution >= 4 is 17.5 Å². The van der Waals surface area contributed by atoms with Crippen LogP contribution in [0.15, 0.2) is 18.2 Å². The third-order valence-corrected chi connectivity index (χ3v) is 3.82. The second-order valence-corrected chi connectivity index (χ2v) is 5.15. The third-order valence-electron chi connectivity index (χ3n) is 3.82. The fourth-order valence-electron chi connectivity index (χ4n) is 2.56. The van der Waals surface area contributed by atoms with Crippen molar-refractivity contribution in [3.63, 3.8) is 0 Å². The van der Waals surface area contributed by atoms with E-state index in [1.807, 2.05) is 26.0 Å². The van der Waals surface area contributed by atoms with Crippen molar-refractivity contribution < 1.29 is 9.59 Å². The predicted octanol–water partition coefficient (Wildman–Crippen LogP) is 1.64. The first kappa shape index (κ1) is 15.4. The molecule has 0 bridgehead atoms. The molecule has 0 saturated carbocycles. The molecule has 0 saturated heterocycles. The Hall–Kier alpha value is -2.04. The molecule has 0 atom stereocenters. The lowest BCUT2D eigenvalue weighted by atomic mass is 10.0. The summed E-state index contributed by atoms with van der Waals surface area (Å²) in [6.07, 6.45) is 2.07. The summed E-state index contributed by atoms with van der Waals surface area (Å²) in [5.74, 6) is -0.239. The van der Waals surface area contributed by atoms with Crippen molar-refractivity contribution in [1.82, 2.24) is 10.2 Å². The average molecular weight is 289 g/mol. The SMILES string of the molecule is CCN(CC)C(=O)CNC(=O)c1ccc2c(c1)CCCN2. The number of rotatable bonds is 5. The van der Waals surface area contributed by atoms with E-state index < -0.39 is 0 Å². The highest BCUT2D eigenvalue weighted by atomic mass is 16.2. The molecular weight excluding hydrogens is 266 g/mol. The summed E-state index contributed by atoms with van der Waals surface area (Å²) < 4.78 is 0. The number of amides is 2. The van der Waals surface area contributed by atoms with Crippen molar-refractivity contribution in [2.24, 2.45) is 0 Å². The Morgan fingerprint density at radius 1 is 1.29 bits per heavy atom. The first-order chi connectivity index (χ1) is 10.2. The second kappa shape index (κ2) is 7.11. The van der Waals surface area contributed by atoms with Crippen LogP contribution in [0, 0.1) is 0 Å². The van der Waals surface area contributed by atoms with Crippen LogP contribution in [0.1, 0.15) is 36.2 Å². The minimum absolute atomic E-state index is 0.0482. The van der Waals surface area contributed by atoms with E-state index in [0.29, 0.717) is 18.7 Å².